The van der Waals surface area contributed by atoms with Crippen molar-refractivity contribution in [3.63, 3.8) is 0 Å². The van der Waals surface area contributed by atoms with E-state index in [-0.39, 0.29) is 11.8 Å². The van der Waals surface area contributed by atoms with Crippen LogP contribution in [-0.2, 0) is 10.3 Å². The van der Waals surface area contributed by atoms with E-state index in [4.69, 9.17) is 10.5 Å². The van der Waals surface area contributed by atoms with Gasteiger partial charge in [0.05, 0.1) is 7.11 Å². The van der Waals surface area contributed by atoms with Gasteiger partial charge in [-0.2, -0.15) is 0 Å². The van der Waals surface area contributed by atoms with E-state index in [9.17, 15) is 9.18 Å². The van der Waals surface area contributed by atoms with Gasteiger partial charge in [-0.25, -0.2) is 4.39 Å². The topological polar surface area (TPSA) is 64.3 Å². The summed E-state index contributed by atoms with van der Waals surface area (Å²) in [7, 11) is 1.40. The Labute approximate surface area is 105 Å². The monoisotopic (exact) mass is 252 g/mol. The van der Waals surface area contributed by atoms with Crippen molar-refractivity contribution in [2.75, 3.05) is 7.11 Å². The summed E-state index contributed by atoms with van der Waals surface area (Å²) in [6.07, 6.45) is 2.03. The van der Waals surface area contributed by atoms with E-state index in [2.05, 4.69) is 5.32 Å². The first-order valence-corrected chi connectivity index (χ1v) is 5.89. The number of hydrogen-bond donors (Lipinski definition) is 2. The molecule has 0 saturated heterocycles. The molecule has 2 rings (SSSR count). The van der Waals surface area contributed by atoms with Gasteiger partial charge in [-0.05, 0) is 37.5 Å². The number of carbonyl (C=O) groups is 1. The van der Waals surface area contributed by atoms with Crippen LogP contribution in [-0.4, -0.2) is 19.1 Å². The quantitative estimate of drug-likeness (QED) is 0.830. The van der Waals surface area contributed by atoms with E-state index >= 15 is 0 Å². The first-order chi connectivity index (χ1) is 8.47. The Morgan fingerprint density at radius 2 is 2.22 bits per heavy atom. The molecule has 0 aromatic heterocycles. The number of carbonyl (C=O) groups excluding carboxylic acids is 1. The minimum atomic E-state index is -1.05. The minimum absolute atomic E-state index is 0.150. The van der Waals surface area contributed by atoms with Crippen molar-refractivity contribution in [1.29, 1.82) is 0 Å². The van der Waals surface area contributed by atoms with Crippen molar-refractivity contribution in [1.82, 2.24) is 5.32 Å². The normalized spacial score (nSPS) is 18.2. The Hall–Kier alpha value is -1.62. The van der Waals surface area contributed by atoms with Gasteiger partial charge in [0.25, 0.3) is 0 Å². The summed E-state index contributed by atoms with van der Waals surface area (Å²) >= 11 is 0. The highest BCUT2D eigenvalue weighted by atomic mass is 19.1. The minimum Gasteiger partial charge on any atom is -0.494 e. The zero-order valence-electron chi connectivity index (χ0n) is 10.5. The Balaban J connectivity index is 2.35. The molecule has 1 saturated carbocycles. The van der Waals surface area contributed by atoms with E-state index in [1.165, 1.54) is 19.2 Å². The highest BCUT2D eigenvalue weighted by Crippen LogP contribution is 2.30. The fourth-order valence-electron chi connectivity index (χ4n) is 1.91. The molecule has 1 aliphatic carbocycles. The lowest BCUT2D eigenvalue weighted by Gasteiger charge is -2.28. The molecule has 18 heavy (non-hydrogen) atoms. The Morgan fingerprint density at radius 3 is 2.67 bits per heavy atom. The van der Waals surface area contributed by atoms with Crippen molar-refractivity contribution in [2.45, 2.75) is 31.3 Å². The smallest absolute Gasteiger partial charge is 0.242 e. The molecule has 98 valence electrons. The highest BCUT2D eigenvalue weighted by Gasteiger charge is 2.38. The SMILES string of the molecule is COc1ccc(C(C)(NC2CC2)C(N)=O)cc1F. The van der Waals surface area contributed by atoms with E-state index in [0.29, 0.717) is 5.56 Å². The van der Waals surface area contributed by atoms with Gasteiger partial charge in [0.2, 0.25) is 5.91 Å². The van der Waals surface area contributed by atoms with E-state index in [1.807, 2.05) is 0 Å². The van der Waals surface area contributed by atoms with Crippen LogP contribution in [0.15, 0.2) is 18.2 Å². The summed E-state index contributed by atoms with van der Waals surface area (Å²) in [5, 5.41) is 3.17. The summed E-state index contributed by atoms with van der Waals surface area (Å²) in [6.45, 7) is 1.68. The second kappa shape index (κ2) is 4.57. The van der Waals surface area contributed by atoms with Gasteiger partial charge in [0, 0.05) is 6.04 Å². The Bertz CT molecular complexity index is 474. The number of methoxy groups -OCH3 is 1. The maximum atomic E-state index is 13.7. The number of ether oxygens (including phenoxy) is 1. The lowest BCUT2D eigenvalue weighted by molar-refractivity contribution is -0.124. The number of nitrogens with two attached hydrogens (primary N) is 1. The van der Waals surface area contributed by atoms with E-state index in [1.54, 1.807) is 13.0 Å². The molecule has 1 aromatic rings. The highest BCUT2D eigenvalue weighted by molar-refractivity contribution is 5.85. The molecule has 1 unspecified atom stereocenters. The van der Waals surface area contributed by atoms with Crippen molar-refractivity contribution in [3.05, 3.63) is 29.6 Å². The molecule has 1 fully saturated rings. The average molecular weight is 252 g/mol. The van der Waals surface area contributed by atoms with Crippen LogP contribution in [0.2, 0.25) is 0 Å². The number of primary amides is 1. The Morgan fingerprint density at radius 1 is 1.56 bits per heavy atom. The van der Waals surface area contributed by atoms with Crippen LogP contribution in [0.5, 0.6) is 5.75 Å². The molecule has 0 radical (unpaired) electrons. The number of benzene rings is 1. The molecule has 0 spiro atoms. The predicted octanol–water partition coefficient (Wildman–Crippen LogP) is 1.29. The number of nitrogens with one attached hydrogen (secondary N) is 1. The summed E-state index contributed by atoms with van der Waals surface area (Å²) in [5.74, 6) is -0.865. The number of hydrogen-bond acceptors (Lipinski definition) is 3. The summed E-state index contributed by atoms with van der Waals surface area (Å²) in [6, 6.07) is 4.73. The first-order valence-electron chi connectivity index (χ1n) is 5.89. The third kappa shape index (κ3) is 2.31. The maximum Gasteiger partial charge on any atom is 0.242 e. The molecular weight excluding hydrogens is 235 g/mol. The zero-order valence-corrected chi connectivity index (χ0v) is 10.5. The molecule has 0 aliphatic heterocycles. The second-order valence-corrected chi connectivity index (χ2v) is 4.76. The van der Waals surface area contributed by atoms with Gasteiger partial charge in [-0.1, -0.05) is 6.07 Å². The van der Waals surface area contributed by atoms with Gasteiger partial charge in [0.1, 0.15) is 5.54 Å². The first kappa shape index (κ1) is 12.8. The zero-order chi connectivity index (χ0) is 13.3. The summed E-state index contributed by atoms with van der Waals surface area (Å²) in [4.78, 5) is 11.7. The van der Waals surface area contributed by atoms with Gasteiger partial charge in [-0.3, -0.25) is 10.1 Å². The van der Waals surface area contributed by atoms with Gasteiger partial charge >= 0.3 is 0 Å². The fraction of sp³-hybridized carbons (Fsp3) is 0.462. The van der Waals surface area contributed by atoms with E-state index in [0.717, 1.165) is 12.8 Å². The van der Waals surface area contributed by atoms with Crippen LogP contribution in [0.25, 0.3) is 0 Å². The van der Waals surface area contributed by atoms with Crippen molar-refractivity contribution in [2.24, 2.45) is 5.73 Å². The summed E-state index contributed by atoms with van der Waals surface area (Å²) < 4.78 is 18.5. The standard InChI is InChI=1S/C13H17FN2O2/c1-13(12(15)17,16-9-4-5-9)8-3-6-11(18-2)10(14)7-8/h3,6-7,9,16H,4-5H2,1-2H3,(H2,15,17). The van der Waals surface area contributed by atoms with Crippen molar-refractivity contribution in [3.8, 4) is 5.75 Å². The van der Waals surface area contributed by atoms with Gasteiger partial charge in [-0.15, -0.1) is 0 Å². The molecule has 5 heteroatoms. The third-order valence-electron chi connectivity index (χ3n) is 3.29. The Kier molecular flexibility index (Phi) is 3.26. The lowest BCUT2D eigenvalue weighted by Crippen LogP contribution is -2.51. The average Bonchev–Trinajstić information content (AvgIpc) is 3.12. The fourth-order valence-corrected chi connectivity index (χ4v) is 1.91. The van der Waals surface area contributed by atoms with Crippen LogP contribution in [0.4, 0.5) is 4.39 Å². The summed E-state index contributed by atoms with van der Waals surface area (Å²) in [5.41, 5.74) is 4.91. The van der Waals surface area contributed by atoms with Crippen LogP contribution >= 0.6 is 0 Å². The number of halogens is 1. The molecule has 4 nitrogen and oxygen atoms in total. The largest absolute Gasteiger partial charge is 0.494 e. The van der Waals surface area contributed by atoms with E-state index < -0.39 is 17.3 Å². The van der Waals surface area contributed by atoms with Crippen LogP contribution < -0.4 is 15.8 Å². The maximum absolute atomic E-state index is 13.7. The molecule has 1 amide bonds. The predicted molar refractivity (Wildman–Crippen MR) is 65.7 cm³/mol. The second-order valence-electron chi connectivity index (χ2n) is 4.76. The molecule has 0 bridgehead atoms. The van der Waals surface area contributed by atoms with Crippen LogP contribution in [0.1, 0.15) is 25.3 Å². The number of amides is 1. The van der Waals surface area contributed by atoms with Crippen LogP contribution in [0.3, 0.4) is 0 Å². The third-order valence-corrected chi connectivity index (χ3v) is 3.29. The number of rotatable bonds is 5. The molecular formula is C13H17FN2O2. The van der Waals surface area contributed by atoms with Crippen molar-refractivity contribution < 1.29 is 13.9 Å². The van der Waals surface area contributed by atoms with Crippen LogP contribution in [0, 0.1) is 5.82 Å². The van der Waals surface area contributed by atoms with Gasteiger partial charge in [0.15, 0.2) is 11.6 Å². The molecule has 1 atom stereocenters. The van der Waals surface area contributed by atoms with Gasteiger partial charge < -0.3 is 10.5 Å². The molecule has 0 heterocycles. The molecule has 1 aliphatic rings. The lowest BCUT2D eigenvalue weighted by atomic mass is 9.90. The molecule has 1 aromatic carbocycles. The van der Waals surface area contributed by atoms with Crippen molar-refractivity contribution >= 4 is 5.91 Å². The molecule has 3 N–H and O–H groups in total.